The predicted molar refractivity (Wildman–Crippen MR) is 115 cm³/mol. The van der Waals surface area contributed by atoms with Gasteiger partial charge in [-0.1, -0.05) is 39.8 Å². The van der Waals surface area contributed by atoms with Gasteiger partial charge in [0.1, 0.15) is 6.04 Å². The molecule has 1 aromatic heterocycles. The molecule has 2 amide bonds. The molecule has 0 radical (unpaired) electrons. The molecule has 3 rings (SSSR count). The maximum absolute atomic E-state index is 13.1. The fourth-order valence-corrected chi connectivity index (χ4v) is 4.74. The molecule has 0 saturated heterocycles. The van der Waals surface area contributed by atoms with Crippen molar-refractivity contribution >= 4 is 23.2 Å². The van der Waals surface area contributed by atoms with E-state index in [-0.39, 0.29) is 23.3 Å². The van der Waals surface area contributed by atoms with Gasteiger partial charge in [-0.25, -0.2) is 0 Å². The van der Waals surface area contributed by atoms with Gasteiger partial charge in [-0.15, -0.1) is 11.3 Å². The van der Waals surface area contributed by atoms with Crippen molar-refractivity contribution in [3.8, 4) is 0 Å². The summed E-state index contributed by atoms with van der Waals surface area (Å²) in [6, 6.07) is 9.32. The van der Waals surface area contributed by atoms with Crippen LogP contribution in [0.4, 0.5) is 0 Å². The number of thiophene rings is 1. The average Bonchev–Trinajstić information content (AvgIpc) is 3.14. The summed E-state index contributed by atoms with van der Waals surface area (Å²) < 4.78 is 0. The lowest BCUT2D eigenvalue weighted by molar-refractivity contribution is -0.135. The van der Waals surface area contributed by atoms with Crippen LogP contribution in [0, 0.1) is 0 Å². The Labute approximate surface area is 172 Å². The van der Waals surface area contributed by atoms with Gasteiger partial charge in [-0.05, 0) is 59.9 Å². The Hall–Kier alpha value is -2.14. The first-order chi connectivity index (χ1) is 13.2. The third kappa shape index (κ3) is 4.14. The van der Waals surface area contributed by atoms with E-state index in [1.165, 1.54) is 16.0 Å². The van der Waals surface area contributed by atoms with Gasteiger partial charge in [0.25, 0.3) is 5.91 Å². The van der Waals surface area contributed by atoms with Crippen molar-refractivity contribution in [3.05, 3.63) is 57.3 Å². The molecule has 150 valence electrons. The summed E-state index contributed by atoms with van der Waals surface area (Å²) in [7, 11) is 0. The highest BCUT2D eigenvalue weighted by Crippen LogP contribution is 2.35. The van der Waals surface area contributed by atoms with Gasteiger partial charge >= 0.3 is 0 Å². The number of rotatable bonds is 4. The topological polar surface area (TPSA) is 49.4 Å². The number of amides is 2. The Morgan fingerprint density at radius 1 is 1.21 bits per heavy atom. The van der Waals surface area contributed by atoms with Crippen LogP contribution in [0.5, 0.6) is 0 Å². The van der Waals surface area contributed by atoms with Crippen LogP contribution in [0.15, 0.2) is 35.7 Å². The first-order valence-electron chi connectivity index (χ1n) is 10.0. The number of nitrogens with zero attached hydrogens (tertiary/aromatic N) is 1. The number of carbonyl (C=O) groups excluding carboxylic acids is 2. The molecular weight excluding hydrogens is 368 g/mol. The zero-order valence-corrected chi connectivity index (χ0v) is 18.2. The molecule has 4 nitrogen and oxygen atoms in total. The lowest BCUT2D eigenvalue weighted by Crippen LogP contribution is -2.49. The molecule has 1 aliphatic rings. The molecule has 1 aliphatic heterocycles. The summed E-state index contributed by atoms with van der Waals surface area (Å²) in [6.07, 6.45) is 1.77. The molecule has 0 aliphatic carbocycles. The Bertz CT molecular complexity index is 848. The molecule has 1 N–H and O–H groups in total. The van der Waals surface area contributed by atoms with Crippen molar-refractivity contribution in [2.75, 3.05) is 6.54 Å². The molecule has 0 fully saturated rings. The van der Waals surface area contributed by atoms with Crippen LogP contribution in [0.1, 0.15) is 73.4 Å². The van der Waals surface area contributed by atoms with E-state index in [1.807, 2.05) is 29.2 Å². The highest BCUT2D eigenvalue weighted by atomic mass is 32.1. The van der Waals surface area contributed by atoms with Crippen molar-refractivity contribution in [1.29, 1.82) is 0 Å². The number of benzene rings is 1. The van der Waals surface area contributed by atoms with Crippen molar-refractivity contribution in [3.63, 3.8) is 0 Å². The van der Waals surface area contributed by atoms with Gasteiger partial charge in [-0.2, -0.15) is 0 Å². The third-order valence-corrected chi connectivity index (χ3v) is 6.49. The molecule has 5 heteroatoms. The lowest BCUT2D eigenvalue weighted by Gasteiger charge is -2.37. The maximum atomic E-state index is 13.1. The Balaban J connectivity index is 1.68. The summed E-state index contributed by atoms with van der Waals surface area (Å²) in [6.45, 7) is 11.0. The largest absolute Gasteiger partial charge is 0.341 e. The second-order valence-corrected chi connectivity index (χ2v) is 9.53. The second kappa shape index (κ2) is 8.08. The SMILES string of the molecule is CCC1c2ccsc2CCN1C(=O)C(C)NC(=O)c1ccc(C(C)(C)C)cc1. The van der Waals surface area contributed by atoms with E-state index in [1.54, 1.807) is 18.3 Å². The van der Waals surface area contributed by atoms with E-state index in [4.69, 9.17) is 0 Å². The molecule has 2 atom stereocenters. The van der Waals surface area contributed by atoms with Crippen LogP contribution in [-0.4, -0.2) is 29.3 Å². The van der Waals surface area contributed by atoms with Crippen molar-refractivity contribution in [1.82, 2.24) is 10.2 Å². The minimum atomic E-state index is -0.552. The Morgan fingerprint density at radius 3 is 2.50 bits per heavy atom. The minimum Gasteiger partial charge on any atom is -0.341 e. The monoisotopic (exact) mass is 398 g/mol. The van der Waals surface area contributed by atoms with E-state index in [9.17, 15) is 9.59 Å². The van der Waals surface area contributed by atoms with Crippen LogP contribution in [0.25, 0.3) is 0 Å². The normalized spacial score (nSPS) is 17.8. The molecule has 0 saturated carbocycles. The predicted octanol–water partition coefficient (Wildman–Crippen LogP) is 4.70. The Kier molecular flexibility index (Phi) is 5.94. The highest BCUT2D eigenvalue weighted by molar-refractivity contribution is 7.10. The lowest BCUT2D eigenvalue weighted by atomic mass is 9.86. The molecule has 2 unspecified atom stereocenters. The average molecular weight is 399 g/mol. The fourth-order valence-electron chi connectivity index (χ4n) is 3.81. The summed E-state index contributed by atoms with van der Waals surface area (Å²) in [5.41, 5.74) is 3.07. The van der Waals surface area contributed by atoms with Gasteiger partial charge < -0.3 is 10.2 Å². The van der Waals surface area contributed by atoms with Crippen molar-refractivity contribution < 1.29 is 9.59 Å². The fraction of sp³-hybridized carbons (Fsp3) is 0.478. The van der Waals surface area contributed by atoms with Gasteiger partial charge in [0.2, 0.25) is 5.91 Å². The smallest absolute Gasteiger partial charge is 0.251 e. The standard InChI is InChI=1S/C23H30N2O2S/c1-6-19-18-12-14-28-20(18)11-13-25(19)22(27)15(2)24-21(26)16-7-9-17(10-8-16)23(3,4)5/h7-10,12,14-15,19H,6,11,13H2,1-5H3,(H,24,26). The number of carbonyl (C=O) groups is 2. The van der Waals surface area contributed by atoms with E-state index >= 15 is 0 Å². The number of fused-ring (bicyclic) bond motifs is 1. The molecule has 28 heavy (non-hydrogen) atoms. The van der Waals surface area contributed by atoms with Crippen molar-refractivity contribution in [2.45, 2.75) is 65.0 Å². The third-order valence-electron chi connectivity index (χ3n) is 5.50. The first-order valence-corrected chi connectivity index (χ1v) is 10.9. The zero-order valence-electron chi connectivity index (χ0n) is 17.4. The molecule has 0 spiro atoms. The number of hydrogen-bond acceptors (Lipinski definition) is 3. The number of hydrogen-bond donors (Lipinski definition) is 1. The first kappa shape index (κ1) is 20.6. The quantitative estimate of drug-likeness (QED) is 0.811. The van der Waals surface area contributed by atoms with Crippen LogP contribution < -0.4 is 5.32 Å². The highest BCUT2D eigenvalue weighted by Gasteiger charge is 2.33. The van der Waals surface area contributed by atoms with Crippen LogP contribution >= 0.6 is 11.3 Å². The number of nitrogens with one attached hydrogen (secondary N) is 1. The van der Waals surface area contributed by atoms with Gasteiger partial charge in [0, 0.05) is 17.0 Å². The van der Waals surface area contributed by atoms with E-state index in [0.29, 0.717) is 12.1 Å². The molecule has 0 bridgehead atoms. The van der Waals surface area contributed by atoms with Crippen LogP contribution in [0.2, 0.25) is 0 Å². The van der Waals surface area contributed by atoms with Gasteiger partial charge in [0.15, 0.2) is 0 Å². The van der Waals surface area contributed by atoms with E-state index < -0.39 is 6.04 Å². The van der Waals surface area contributed by atoms with Crippen LogP contribution in [-0.2, 0) is 16.6 Å². The van der Waals surface area contributed by atoms with Crippen LogP contribution in [0.3, 0.4) is 0 Å². The molecule has 2 heterocycles. The summed E-state index contributed by atoms with van der Waals surface area (Å²) in [5, 5.41) is 4.99. The Morgan fingerprint density at radius 2 is 1.89 bits per heavy atom. The van der Waals surface area contributed by atoms with E-state index in [2.05, 4.69) is 44.5 Å². The maximum Gasteiger partial charge on any atom is 0.251 e. The molecule has 2 aromatic rings. The van der Waals surface area contributed by atoms with Crippen molar-refractivity contribution in [2.24, 2.45) is 0 Å². The zero-order chi connectivity index (χ0) is 20.5. The van der Waals surface area contributed by atoms with E-state index in [0.717, 1.165) is 12.8 Å². The van der Waals surface area contributed by atoms with Gasteiger partial charge in [-0.3, -0.25) is 9.59 Å². The summed E-state index contributed by atoms with van der Waals surface area (Å²) in [5.74, 6) is -0.217. The van der Waals surface area contributed by atoms with Gasteiger partial charge in [0.05, 0.1) is 6.04 Å². The molecule has 1 aromatic carbocycles. The second-order valence-electron chi connectivity index (χ2n) is 8.53. The molecular formula is C23H30N2O2S. The summed E-state index contributed by atoms with van der Waals surface area (Å²) >= 11 is 1.77. The minimum absolute atomic E-state index is 0.0108. The summed E-state index contributed by atoms with van der Waals surface area (Å²) in [4.78, 5) is 29.0.